The molecule has 0 saturated heterocycles. The van der Waals surface area contributed by atoms with Gasteiger partial charge in [-0.3, -0.25) is 9.69 Å². The Balaban J connectivity index is 1.93. The molecule has 1 aliphatic rings. The van der Waals surface area contributed by atoms with Crippen LogP contribution in [0.25, 0.3) is 0 Å². The molecule has 0 bridgehead atoms. The van der Waals surface area contributed by atoms with E-state index < -0.39 is 12.2 Å². The molecular weight excluding hydrogens is 376 g/mol. The van der Waals surface area contributed by atoms with Gasteiger partial charge in [0.25, 0.3) is 5.91 Å². The Kier molecular flexibility index (Phi) is 5.06. The van der Waals surface area contributed by atoms with E-state index in [1.165, 1.54) is 9.80 Å². The predicted octanol–water partition coefficient (Wildman–Crippen LogP) is 3.72. The van der Waals surface area contributed by atoms with Gasteiger partial charge in [0, 0.05) is 23.9 Å². The fourth-order valence-electron chi connectivity index (χ4n) is 3.59. The lowest BCUT2D eigenvalue weighted by Gasteiger charge is -2.28. The van der Waals surface area contributed by atoms with E-state index in [1.54, 1.807) is 19.2 Å². The summed E-state index contributed by atoms with van der Waals surface area (Å²) in [6, 6.07) is 23.7. The van der Waals surface area contributed by atoms with Crippen molar-refractivity contribution in [2.45, 2.75) is 13.1 Å². The van der Waals surface area contributed by atoms with Gasteiger partial charge in [-0.15, -0.1) is 0 Å². The molecule has 0 fully saturated rings. The number of para-hydroxylation sites is 1. The minimum atomic E-state index is -1.13. The summed E-state index contributed by atoms with van der Waals surface area (Å²) in [7, 11) is 1.69. The molecule has 4 rings (SSSR count). The molecule has 30 heavy (non-hydrogen) atoms. The zero-order valence-corrected chi connectivity index (χ0v) is 16.8. The van der Waals surface area contributed by atoms with E-state index >= 15 is 0 Å². The molecule has 1 unspecified atom stereocenters. The number of rotatable bonds is 3. The van der Waals surface area contributed by atoms with Gasteiger partial charge in [0.2, 0.25) is 6.17 Å². The summed E-state index contributed by atoms with van der Waals surface area (Å²) in [4.78, 5) is 33.5. The minimum absolute atomic E-state index is 0.340. The number of carbonyl (C=O) groups excluding carboxylic acids is 2. The number of carbonyl (C=O) groups is 2. The maximum absolute atomic E-state index is 13.4. The normalized spacial score (nSPS) is 15.8. The molecule has 150 valence electrons. The van der Waals surface area contributed by atoms with E-state index in [0.29, 0.717) is 11.4 Å². The van der Waals surface area contributed by atoms with Gasteiger partial charge in [-0.25, -0.2) is 9.79 Å². The van der Waals surface area contributed by atoms with Crippen LogP contribution in [-0.2, 0) is 4.79 Å². The number of benzodiazepines with no additional fused rings is 1. The van der Waals surface area contributed by atoms with Crippen LogP contribution in [0.1, 0.15) is 16.7 Å². The maximum Gasteiger partial charge on any atom is 0.321 e. The molecule has 6 heteroatoms. The third-order valence-electron chi connectivity index (χ3n) is 5.16. The van der Waals surface area contributed by atoms with E-state index in [9.17, 15) is 9.59 Å². The van der Waals surface area contributed by atoms with E-state index in [0.717, 1.165) is 22.4 Å². The summed E-state index contributed by atoms with van der Waals surface area (Å²) in [5.74, 6) is -0.340. The number of fused-ring (bicyclic) bond motifs is 1. The largest absolute Gasteiger partial charge is 0.351 e. The quantitative estimate of drug-likeness (QED) is 0.730. The smallest absolute Gasteiger partial charge is 0.321 e. The molecule has 3 aromatic rings. The van der Waals surface area contributed by atoms with Gasteiger partial charge >= 0.3 is 6.03 Å². The lowest BCUT2D eigenvalue weighted by molar-refractivity contribution is -0.119. The van der Waals surface area contributed by atoms with E-state index in [4.69, 9.17) is 10.7 Å². The Morgan fingerprint density at radius 2 is 1.60 bits per heavy atom. The average Bonchev–Trinajstić information content (AvgIpc) is 2.86. The van der Waals surface area contributed by atoms with Crippen LogP contribution >= 0.6 is 0 Å². The Bertz CT molecular complexity index is 1120. The van der Waals surface area contributed by atoms with Gasteiger partial charge in [-0.05, 0) is 25.1 Å². The number of likely N-dealkylation sites (N-methyl/N-ethyl adjacent to an activating group) is 1. The average molecular weight is 398 g/mol. The van der Waals surface area contributed by atoms with Crippen LogP contribution in [0, 0.1) is 6.92 Å². The molecule has 1 aliphatic heterocycles. The van der Waals surface area contributed by atoms with Crippen LogP contribution in [-0.4, -0.2) is 30.9 Å². The van der Waals surface area contributed by atoms with Crippen LogP contribution in [0.15, 0.2) is 83.9 Å². The highest BCUT2D eigenvalue weighted by Crippen LogP contribution is 2.30. The van der Waals surface area contributed by atoms with Crippen molar-refractivity contribution in [2.24, 2.45) is 10.7 Å². The van der Waals surface area contributed by atoms with E-state index in [1.807, 2.05) is 73.7 Å². The van der Waals surface area contributed by atoms with Crippen LogP contribution in [0.2, 0.25) is 0 Å². The van der Waals surface area contributed by atoms with E-state index in [-0.39, 0.29) is 5.91 Å². The first-order chi connectivity index (χ1) is 14.5. The number of aryl methyl sites for hydroxylation is 1. The van der Waals surface area contributed by atoms with Crippen molar-refractivity contribution in [3.05, 3.63) is 95.6 Å². The summed E-state index contributed by atoms with van der Waals surface area (Å²) in [5, 5.41) is 0. The number of nitrogens with two attached hydrogens (primary N) is 1. The number of benzene rings is 3. The molecule has 0 saturated carbocycles. The summed E-state index contributed by atoms with van der Waals surface area (Å²) in [5.41, 5.74) is 10.3. The highest BCUT2D eigenvalue weighted by atomic mass is 16.2. The van der Waals surface area contributed by atoms with Crippen molar-refractivity contribution in [1.29, 1.82) is 0 Å². The zero-order chi connectivity index (χ0) is 21.3. The number of amides is 3. The lowest BCUT2D eigenvalue weighted by atomic mass is 10.0. The SMILES string of the molecule is Cc1ccc(N(C(N)=O)C2N=C(c3ccccc3)c3ccccc3N(C)C2=O)cc1. The number of hydrogen-bond donors (Lipinski definition) is 1. The molecule has 3 aromatic carbocycles. The number of urea groups is 1. The lowest BCUT2D eigenvalue weighted by Crippen LogP contribution is -2.51. The summed E-state index contributed by atoms with van der Waals surface area (Å²) < 4.78 is 0. The van der Waals surface area contributed by atoms with Gasteiger partial charge < -0.3 is 10.6 Å². The van der Waals surface area contributed by atoms with Crippen molar-refractivity contribution in [3.8, 4) is 0 Å². The Hall–Kier alpha value is -3.93. The second-order valence-electron chi connectivity index (χ2n) is 7.18. The first kappa shape index (κ1) is 19.4. The second-order valence-corrected chi connectivity index (χ2v) is 7.18. The Labute approximate surface area is 175 Å². The van der Waals surface area contributed by atoms with Crippen molar-refractivity contribution < 1.29 is 9.59 Å². The fraction of sp³-hybridized carbons (Fsp3) is 0.125. The van der Waals surface area contributed by atoms with Crippen molar-refractivity contribution >= 4 is 29.0 Å². The first-order valence-corrected chi connectivity index (χ1v) is 9.63. The maximum atomic E-state index is 13.4. The molecule has 6 nitrogen and oxygen atoms in total. The topological polar surface area (TPSA) is 79.0 Å². The highest BCUT2D eigenvalue weighted by Gasteiger charge is 2.36. The zero-order valence-electron chi connectivity index (χ0n) is 16.8. The second kappa shape index (κ2) is 7.83. The Morgan fingerprint density at radius 1 is 0.967 bits per heavy atom. The van der Waals surface area contributed by atoms with Crippen LogP contribution in [0.3, 0.4) is 0 Å². The molecule has 0 spiro atoms. The Morgan fingerprint density at radius 3 is 2.27 bits per heavy atom. The monoisotopic (exact) mass is 398 g/mol. The van der Waals surface area contributed by atoms with Crippen molar-refractivity contribution in [1.82, 2.24) is 0 Å². The van der Waals surface area contributed by atoms with Crippen molar-refractivity contribution in [2.75, 3.05) is 16.8 Å². The van der Waals surface area contributed by atoms with Crippen LogP contribution < -0.4 is 15.5 Å². The molecular formula is C24H22N4O2. The van der Waals surface area contributed by atoms with Gasteiger partial charge in [-0.2, -0.15) is 0 Å². The molecule has 0 radical (unpaired) electrons. The molecule has 0 aromatic heterocycles. The molecule has 1 heterocycles. The number of nitrogens with zero attached hydrogens (tertiary/aromatic N) is 3. The molecule has 1 atom stereocenters. The van der Waals surface area contributed by atoms with Gasteiger partial charge in [0.15, 0.2) is 0 Å². The number of hydrogen-bond acceptors (Lipinski definition) is 3. The van der Waals surface area contributed by atoms with E-state index in [2.05, 4.69) is 0 Å². The van der Waals surface area contributed by atoms with Crippen LogP contribution in [0.4, 0.5) is 16.2 Å². The third kappa shape index (κ3) is 3.43. The van der Waals surface area contributed by atoms with Crippen LogP contribution in [0.5, 0.6) is 0 Å². The van der Waals surface area contributed by atoms with Gasteiger partial charge in [0.05, 0.1) is 11.4 Å². The summed E-state index contributed by atoms with van der Waals surface area (Å²) >= 11 is 0. The standard InChI is InChI=1S/C24H22N4O2/c1-16-12-14-18(15-13-16)28(24(25)30)22-23(29)27(2)20-11-7-6-10-19(20)21(26-22)17-8-4-3-5-9-17/h3-15,22H,1-2H3,(H2,25,30). The fourth-order valence-corrected chi connectivity index (χ4v) is 3.59. The van der Waals surface area contributed by atoms with Gasteiger partial charge in [0.1, 0.15) is 0 Å². The first-order valence-electron chi connectivity index (χ1n) is 9.63. The minimum Gasteiger partial charge on any atom is -0.351 e. The predicted molar refractivity (Wildman–Crippen MR) is 119 cm³/mol. The molecule has 2 N–H and O–H groups in total. The number of anilines is 2. The summed E-state index contributed by atoms with van der Waals surface area (Å²) in [6.45, 7) is 1.95. The molecule has 0 aliphatic carbocycles. The van der Waals surface area contributed by atoms with Crippen molar-refractivity contribution in [3.63, 3.8) is 0 Å². The number of aliphatic imine (C=N–C) groups is 1. The highest BCUT2D eigenvalue weighted by molar-refractivity contribution is 6.21. The number of primary amides is 1. The summed E-state index contributed by atoms with van der Waals surface area (Å²) in [6.07, 6.45) is -1.13. The third-order valence-corrected chi connectivity index (χ3v) is 5.16. The molecule has 3 amide bonds. The van der Waals surface area contributed by atoms with Gasteiger partial charge in [-0.1, -0.05) is 66.2 Å².